The molecule has 1 heterocycles. The molecule has 156 valence electrons. The van der Waals surface area contributed by atoms with Gasteiger partial charge in [0.2, 0.25) is 12.5 Å². The van der Waals surface area contributed by atoms with E-state index in [0.717, 1.165) is 0 Å². The SMILES string of the molecule is C=C1C(=O)c2cc3c(cc2[C@H](c2cc(OC)c(OC)c(OC)c2)[C@@H]1C(=O)O)OCO3. The maximum absolute atomic E-state index is 12.9. The molecule has 2 aromatic carbocycles. The van der Waals surface area contributed by atoms with Gasteiger partial charge in [0.25, 0.3) is 0 Å². The van der Waals surface area contributed by atoms with Crippen molar-refractivity contribution in [2.45, 2.75) is 5.92 Å². The number of carbonyl (C=O) groups excluding carboxylic acids is 1. The Morgan fingerprint density at radius 1 is 1.03 bits per heavy atom. The highest BCUT2D eigenvalue weighted by molar-refractivity contribution is 6.14. The van der Waals surface area contributed by atoms with Gasteiger partial charge in [0.1, 0.15) is 0 Å². The Morgan fingerprint density at radius 3 is 2.17 bits per heavy atom. The van der Waals surface area contributed by atoms with Gasteiger partial charge in [0.15, 0.2) is 28.8 Å². The lowest BCUT2D eigenvalue weighted by Gasteiger charge is -2.33. The van der Waals surface area contributed by atoms with Crippen molar-refractivity contribution in [2.24, 2.45) is 5.92 Å². The van der Waals surface area contributed by atoms with Gasteiger partial charge in [-0.3, -0.25) is 9.59 Å². The minimum absolute atomic E-state index is 0.00684. The summed E-state index contributed by atoms with van der Waals surface area (Å²) in [6.07, 6.45) is 0. The van der Waals surface area contributed by atoms with Crippen LogP contribution in [0, 0.1) is 5.92 Å². The summed E-state index contributed by atoms with van der Waals surface area (Å²) in [4.78, 5) is 25.1. The van der Waals surface area contributed by atoms with Crippen molar-refractivity contribution in [1.29, 1.82) is 0 Å². The fourth-order valence-corrected chi connectivity index (χ4v) is 4.05. The summed E-state index contributed by atoms with van der Waals surface area (Å²) >= 11 is 0. The van der Waals surface area contributed by atoms with Gasteiger partial charge in [0, 0.05) is 17.1 Å². The van der Waals surface area contributed by atoms with Crippen LogP contribution in [0.4, 0.5) is 0 Å². The Bertz CT molecular complexity index is 1050. The molecule has 4 rings (SSSR count). The predicted molar refractivity (Wildman–Crippen MR) is 105 cm³/mol. The van der Waals surface area contributed by atoms with E-state index in [1.165, 1.54) is 21.3 Å². The predicted octanol–water partition coefficient (Wildman–Crippen LogP) is 3.03. The molecule has 8 nitrogen and oxygen atoms in total. The number of carbonyl (C=O) groups is 2. The summed E-state index contributed by atoms with van der Waals surface area (Å²) in [5.41, 5.74) is 1.41. The van der Waals surface area contributed by atoms with Crippen LogP contribution >= 0.6 is 0 Å². The van der Waals surface area contributed by atoms with E-state index in [2.05, 4.69) is 6.58 Å². The lowest BCUT2D eigenvalue weighted by Crippen LogP contribution is -2.33. The zero-order chi connectivity index (χ0) is 21.6. The van der Waals surface area contributed by atoms with Crippen molar-refractivity contribution in [1.82, 2.24) is 0 Å². The van der Waals surface area contributed by atoms with Crippen LogP contribution in [0.2, 0.25) is 0 Å². The molecule has 8 heteroatoms. The van der Waals surface area contributed by atoms with E-state index in [9.17, 15) is 14.7 Å². The third-order valence-electron chi connectivity index (χ3n) is 5.44. The molecule has 1 aliphatic heterocycles. The Morgan fingerprint density at radius 2 is 1.63 bits per heavy atom. The summed E-state index contributed by atoms with van der Waals surface area (Å²) in [5.74, 6) is -1.47. The first-order valence-corrected chi connectivity index (χ1v) is 9.11. The number of Topliss-reactive ketones (excluding diaryl/α,β-unsaturated/α-hetero) is 1. The molecule has 30 heavy (non-hydrogen) atoms. The zero-order valence-corrected chi connectivity index (χ0v) is 16.7. The summed E-state index contributed by atoms with van der Waals surface area (Å²) in [6, 6.07) is 6.60. The number of ketones is 1. The molecule has 0 saturated carbocycles. The topological polar surface area (TPSA) is 101 Å². The number of benzene rings is 2. The number of carboxylic acid groups (broad SMARTS) is 1. The highest BCUT2D eigenvalue weighted by Gasteiger charge is 2.44. The number of methoxy groups -OCH3 is 3. The highest BCUT2D eigenvalue weighted by Crippen LogP contribution is 2.50. The standard InChI is InChI=1S/C22H20O8/c1-10-18(22(24)25)19(11-5-16(26-2)21(28-4)17(6-11)27-3)12-7-14-15(30-9-29-14)8-13(12)20(10)23/h5-8,18-19H,1,9H2,2-4H3,(H,24,25)/t18-,19+/m1/s1. The minimum atomic E-state index is -1.17. The Hall–Kier alpha value is -3.68. The number of fused-ring (bicyclic) bond motifs is 2. The van der Waals surface area contributed by atoms with Crippen LogP contribution in [0.3, 0.4) is 0 Å². The fraction of sp³-hybridized carbons (Fsp3) is 0.273. The number of hydrogen-bond donors (Lipinski definition) is 1. The van der Waals surface area contributed by atoms with E-state index < -0.39 is 23.6 Å². The molecule has 2 aliphatic rings. The van der Waals surface area contributed by atoms with Crippen molar-refractivity contribution < 1.29 is 38.4 Å². The van der Waals surface area contributed by atoms with Gasteiger partial charge in [-0.1, -0.05) is 6.58 Å². The Labute approximate surface area is 172 Å². The van der Waals surface area contributed by atoms with Crippen molar-refractivity contribution in [2.75, 3.05) is 28.1 Å². The quantitative estimate of drug-likeness (QED) is 0.748. The van der Waals surface area contributed by atoms with E-state index >= 15 is 0 Å². The van der Waals surface area contributed by atoms with E-state index in [-0.39, 0.29) is 12.4 Å². The number of hydrogen-bond acceptors (Lipinski definition) is 7. The molecule has 0 saturated heterocycles. The molecular weight excluding hydrogens is 392 g/mol. The van der Waals surface area contributed by atoms with Crippen LogP contribution in [0.1, 0.15) is 27.4 Å². The van der Waals surface area contributed by atoms with Crippen LogP contribution in [-0.4, -0.2) is 45.0 Å². The molecule has 1 N–H and O–H groups in total. The smallest absolute Gasteiger partial charge is 0.312 e. The lowest BCUT2D eigenvalue weighted by molar-refractivity contribution is -0.140. The van der Waals surface area contributed by atoms with E-state index in [1.54, 1.807) is 24.3 Å². The van der Waals surface area contributed by atoms with Crippen molar-refractivity contribution in [3.05, 3.63) is 53.1 Å². The summed E-state index contributed by atoms with van der Waals surface area (Å²) in [6.45, 7) is 3.83. The second-order valence-electron chi connectivity index (χ2n) is 6.90. The van der Waals surface area contributed by atoms with Crippen molar-refractivity contribution in [3.63, 3.8) is 0 Å². The summed E-state index contributed by atoms with van der Waals surface area (Å²) in [7, 11) is 4.44. The van der Waals surface area contributed by atoms with Crippen LogP contribution in [0.15, 0.2) is 36.4 Å². The number of carboxylic acids is 1. The molecule has 0 bridgehead atoms. The van der Waals surface area contributed by atoms with Crippen LogP contribution < -0.4 is 23.7 Å². The molecule has 0 aromatic heterocycles. The zero-order valence-electron chi connectivity index (χ0n) is 16.7. The first kappa shape index (κ1) is 19.6. The highest BCUT2D eigenvalue weighted by atomic mass is 16.7. The van der Waals surface area contributed by atoms with Gasteiger partial charge >= 0.3 is 5.97 Å². The first-order valence-electron chi connectivity index (χ1n) is 9.11. The van der Waals surface area contributed by atoms with Gasteiger partial charge in [-0.2, -0.15) is 0 Å². The van der Waals surface area contributed by atoms with E-state index in [4.69, 9.17) is 23.7 Å². The van der Waals surface area contributed by atoms with Gasteiger partial charge in [-0.25, -0.2) is 0 Å². The molecular formula is C22H20O8. The molecule has 0 spiro atoms. The number of aliphatic carboxylic acids is 1. The maximum atomic E-state index is 12.9. The van der Waals surface area contributed by atoms with Gasteiger partial charge in [-0.05, 0) is 35.4 Å². The van der Waals surface area contributed by atoms with Gasteiger partial charge in [0.05, 0.1) is 27.2 Å². The van der Waals surface area contributed by atoms with Crippen molar-refractivity contribution >= 4 is 11.8 Å². The van der Waals surface area contributed by atoms with Gasteiger partial charge < -0.3 is 28.8 Å². The monoisotopic (exact) mass is 412 g/mol. The normalized spacial score (nSPS) is 19.3. The third kappa shape index (κ3) is 2.83. The minimum Gasteiger partial charge on any atom is -0.493 e. The summed E-state index contributed by atoms with van der Waals surface area (Å²) < 4.78 is 27.1. The van der Waals surface area contributed by atoms with Crippen LogP contribution in [0.5, 0.6) is 28.7 Å². The average Bonchev–Trinajstić information content (AvgIpc) is 3.21. The molecule has 0 unspecified atom stereocenters. The van der Waals surface area contributed by atoms with Gasteiger partial charge in [-0.15, -0.1) is 0 Å². The third-order valence-corrected chi connectivity index (χ3v) is 5.44. The average molecular weight is 412 g/mol. The largest absolute Gasteiger partial charge is 0.493 e. The second kappa shape index (κ2) is 7.29. The number of ether oxygens (including phenoxy) is 5. The molecule has 0 radical (unpaired) electrons. The maximum Gasteiger partial charge on any atom is 0.312 e. The number of rotatable bonds is 5. The lowest BCUT2D eigenvalue weighted by atomic mass is 9.69. The van der Waals surface area contributed by atoms with Crippen molar-refractivity contribution in [3.8, 4) is 28.7 Å². The fourth-order valence-electron chi connectivity index (χ4n) is 4.05. The molecule has 2 aromatic rings. The first-order chi connectivity index (χ1) is 14.4. The Kier molecular flexibility index (Phi) is 4.77. The van der Waals surface area contributed by atoms with Crippen LogP contribution in [0.25, 0.3) is 0 Å². The summed E-state index contributed by atoms with van der Waals surface area (Å²) in [5, 5.41) is 9.97. The van der Waals surface area contributed by atoms with E-state index in [0.29, 0.717) is 45.4 Å². The second-order valence-corrected chi connectivity index (χ2v) is 6.90. The molecule has 0 fully saturated rings. The van der Waals surface area contributed by atoms with E-state index in [1.807, 2.05) is 0 Å². The van der Waals surface area contributed by atoms with Crippen LogP contribution in [-0.2, 0) is 4.79 Å². The molecule has 2 atom stereocenters. The molecule has 1 aliphatic carbocycles. The molecule has 0 amide bonds. The Balaban J connectivity index is 2.00.